The molecule has 0 aromatic rings. The molecule has 16 nitrogen and oxygen atoms in total. The van der Waals surface area contributed by atoms with E-state index in [2.05, 4.69) is 16.0 Å². The zero-order valence-electron chi connectivity index (χ0n) is 26.8. The van der Waals surface area contributed by atoms with Gasteiger partial charge in [-0.2, -0.15) is 0 Å². The van der Waals surface area contributed by atoms with E-state index in [-0.39, 0.29) is 59.3 Å². The van der Waals surface area contributed by atoms with Crippen LogP contribution < -0.4 is 16.0 Å². The first-order valence-electron chi connectivity index (χ1n) is 15.6. The number of aliphatic hydroxyl groups is 1. The van der Waals surface area contributed by atoms with E-state index in [9.17, 15) is 14.4 Å². The number of hydrogen-bond donors (Lipinski definition) is 4. The second-order valence-electron chi connectivity index (χ2n) is 9.09. The second kappa shape index (κ2) is 37.0. The lowest BCUT2D eigenvalue weighted by molar-refractivity contribution is 0.0276. The molecule has 0 aliphatic rings. The monoisotopic (exact) mass is 687 g/mol. The molecule has 0 heterocycles. The highest BCUT2D eigenvalue weighted by Crippen LogP contribution is 2.01. The Kier molecular flexibility index (Phi) is 35.1. The Hall–Kier alpha value is -2.44. The van der Waals surface area contributed by atoms with Crippen molar-refractivity contribution in [3.8, 4) is 0 Å². The van der Waals surface area contributed by atoms with E-state index >= 15 is 0 Å². The average molecular weight is 688 g/mol. The summed E-state index contributed by atoms with van der Waals surface area (Å²) in [4.78, 5) is 34.8. The largest absolute Gasteiger partial charge is 0.447 e. The fourth-order valence-corrected chi connectivity index (χ4v) is 3.28. The van der Waals surface area contributed by atoms with Gasteiger partial charge in [-0.3, -0.25) is 0 Å². The van der Waals surface area contributed by atoms with Crippen LogP contribution in [0.15, 0.2) is 12.2 Å². The quantitative estimate of drug-likeness (QED) is 0.0337. The highest BCUT2D eigenvalue weighted by atomic mass is 35.5. The molecule has 0 atom stereocenters. The van der Waals surface area contributed by atoms with E-state index in [1.807, 2.05) is 0 Å². The first kappa shape index (κ1) is 43.6. The van der Waals surface area contributed by atoms with Crippen LogP contribution in [0.4, 0.5) is 14.4 Å². The summed E-state index contributed by atoms with van der Waals surface area (Å²) in [5.41, 5.74) is 0. The Morgan fingerprint density at radius 1 is 0.478 bits per heavy atom. The molecule has 0 aliphatic carbocycles. The van der Waals surface area contributed by atoms with Crippen molar-refractivity contribution >= 4 is 29.9 Å². The fraction of sp³-hybridized carbons (Fsp3) is 0.828. The van der Waals surface area contributed by atoms with Crippen molar-refractivity contribution in [1.82, 2.24) is 16.0 Å². The van der Waals surface area contributed by atoms with Crippen LogP contribution in [-0.2, 0) is 42.6 Å². The predicted octanol–water partition coefficient (Wildman–Crippen LogP) is 1.61. The molecule has 0 rings (SSSR count). The van der Waals surface area contributed by atoms with Gasteiger partial charge in [0.15, 0.2) is 0 Å². The standard InChI is InChI=1S/C29H54ClN3O13/c30-7-3-1-2-4-12-38-19-20-39-17-10-33-29(37)46-26-25-43-24-22-41-16-9-32-28(36)45-14-6-5-13-44-27(35)31-8-15-40-21-23-42-18-11-34/h5-6,34H,1-4,7-26H2,(H,31,35)(H,32,36)(H,33,37)/b6-5-. The molecule has 0 aromatic heterocycles. The van der Waals surface area contributed by atoms with E-state index in [0.717, 1.165) is 25.7 Å². The van der Waals surface area contributed by atoms with Gasteiger partial charge in [0.2, 0.25) is 0 Å². The third-order valence-corrected chi connectivity index (χ3v) is 5.59. The van der Waals surface area contributed by atoms with Gasteiger partial charge in [0.25, 0.3) is 0 Å². The van der Waals surface area contributed by atoms with E-state index < -0.39 is 18.3 Å². The number of aliphatic hydroxyl groups excluding tert-OH is 1. The number of nitrogens with one attached hydrogen (secondary N) is 3. The van der Waals surface area contributed by atoms with Gasteiger partial charge in [-0.15, -0.1) is 11.6 Å². The molecule has 0 radical (unpaired) electrons. The molecule has 0 aliphatic heterocycles. The number of carbonyl (C=O) groups is 3. The minimum absolute atomic E-state index is 0.0116. The number of alkyl halides is 1. The molecule has 0 saturated carbocycles. The number of unbranched alkanes of at least 4 members (excludes halogenated alkanes) is 3. The number of ether oxygens (including phenoxy) is 9. The van der Waals surface area contributed by atoms with Crippen LogP contribution in [0.2, 0.25) is 0 Å². The number of halogens is 1. The minimum Gasteiger partial charge on any atom is -0.447 e. The molecular weight excluding hydrogens is 634 g/mol. The number of alkyl carbamates (subject to hydrolysis) is 3. The zero-order chi connectivity index (χ0) is 33.6. The van der Waals surface area contributed by atoms with Crippen molar-refractivity contribution in [3.05, 3.63) is 12.2 Å². The SMILES string of the molecule is O=C(NCCOCCOCCO)OC/C=C\COC(=O)NCCOCCOCCOC(=O)NCCOCCOCCCCCCCl. The molecule has 4 N–H and O–H groups in total. The molecular formula is C29H54ClN3O13. The van der Waals surface area contributed by atoms with Gasteiger partial charge in [-0.1, -0.05) is 12.8 Å². The Morgan fingerprint density at radius 3 is 1.35 bits per heavy atom. The summed E-state index contributed by atoms with van der Waals surface area (Å²) in [6, 6.07) is 0. The van der Waals surface area contributed by atoms with Gasteiger partial charge in [0.1, 0.15) is 19.8 Å². The molecule has 0 unspecified atom stereocenters. The van der Waals surface area contributed by atoms with Crippen molar-refractivity contribution in [2.24, 2.45) is 0 Å². The van der Waals surface area contributed by atoms with Crippen molar-refractivity contribution in [2.75, 3.05) is 131 Å². The third kappa shape index (κ3) is 36.0. The van der Waals surface area contributed by atoms with Crippen molar-refractivity contribution in [3.63, 3.8) is 0 Å². The third-order valence-electron chi connectivity index (χ3n) is 5.32. The van der Waals surface area contributed by atoms with Gasteiger partial charge in [0.05, 0.1) is 79.3 Å². The van der Waals surface area contributed by atoms with E-state index in [0.29, 0.717) is 71.9 Å². The van der Waals surface area contributed by atoms with Crippen LogP contribution in [0.1, 0.15) is 25.7 Å². The molecule has 270 valence electrons. The lowest BCUT2D eigenvalue weighted by Gasteiger charge is -2.09. The number of carbonyl (C=O) groups excluding carboxylic acids is 3. The summed E-state index contributed by atoms with van der Waals surface area (Å²) < 4.78 is 46.7. The highest BCUT2D eigenvalue weighted by molar-refractivity contribution is 6.17. The maximum atomic E-state index is 11.6. The number of rotatable bonds is 33. The molecule has 0 bridgehead atoms. The summed E-state index contributed by atoms with van der Waals surface area (Å²) in [7, 11) is 0. The Bertz CT molecular complexity index is 738. The van der Waals surface area contributed by atoms with Gasteiger partial charge in [-0.05, 0) is 25.0 Å². The van der Waals surface area contributed by atoms with Crippen LogP contribution in [0.3, 0.4) is 0 Å². The smallest absolute Gasteiger partial charge is 0.407 e. The summed E-state index contributed by atoms with van der Waals surface area (Å²) >= 11 is 5.63. The highest BCUT2D eigenvalue weighted by Gasteiger charge is 2.03. The first-order valence-corrected chi connectivity index (χ1v) is 16.1. The lowest BCUT2D eigenvalue weighted by Crippen LogP contribution is -2.29. The molecule has 17 heteroatoms. The molecule has 0 aromatic carbocycles. The summed E-state index contributed by atoms with van der Waals surface area (Å²) in [6.07, 6.45) is 5.65. The topological polar surface area (TPSA) is 191 Å². The van der Waals surface area contributed by atoms with Crippen LogP contribution in [0.25, 0.3) is 0 Å². The predicted molar refractivity (Wildman–Crippen MR) is 168 cm³/mol. The van der Waals surface area contributed by atoms with E-state index in [1.165, 1.54) is 0 Å². The Morgan fingerprint density at radius 2 is 0.870 bits per heavy atom. The maximum absolute atomic E-state index is 11.6. The molecule has 46 heavy (non-hydrogen) atoms. The Labute approximate surface area is 277 Å². The summed E-state index contributed by atoms with van der Waals surface area (Å²) in [6.45, 7) is 5.44. The minimum atomic E-state index is -0.610. The van der Waals surface area contributed by atoms with Crippen LogP contribution in [0.5, 0.6) is 0 Å². The number of hydrogen-bond acceptors (Lipinski definition) is 13. The second-order valence-corrected chi connectivity index (χ2v) is 9.46. The average Bonchev–Trinajstić information content (AvgIpc) is 3.05. The van der Waals surface area contributed by atoms with Crippen LogP contribution >= 0.6 is 11.6 Å². The van der Waals surface area contributed by atoms with Gasteiger partial charge in [-0.25, -0.2) is 14.4 Å². The molecule has 0 spiro atoms. The van der Waals surface area contributed by atoms with Crippen LogP contribution in [0, 0.1) is 0 Å². The van der Waals surface area contributed by atoms with Crippen molar-refractivity contribution < 1.29 is 62.1 Å². The Balaban J connectivity index is 3.36. The molecule has 0 fully saturated rings. The van der Waals surface area contributed by atoms with E-state index in [1.54, 1.807) is 12.2 Å². The lowest BCUT2D eigenvalue weighted by atomic mass is 10.2. The first-order chi connectivity index (χ1) is 22.6. The summed E-state index contributed by atoms with van der Waals surface area (Å²) in [5, 5.41) is 16.2. The summed E-state index contributed by atoms with van der Waals surface area (Å²) in [5.74, 6) is 0.708. The maximum Gasteiger partial charge on any atom is 0.407 e. The number of amides is 3. The van der Waals surface area contributed by atoms with Gasteiger partial charge in [0, 0.05) is 32.1 Å². The van der Waals surface area contributed by atoms with Gasteiger partial charge < -0.3 is 63.7 Å². The van der Waals surface area contributed by atoms with Crippen molar-refractivity contribution in [2.45, 2.75) is 25.7 Å². The molecule has 0 saturated heterocycles. The van der Waals surface area contributed by atoms with Gasteiger partial charge >= 0.3 is 18.3 Å². The zero-order valence-corrected chi connectivity index (χ0v) is 27.6. The molecule has 3 amide bonds. The fourth-order valence-electron chi connectivity index (χ4n) is 3.09. The van der Waals surface area contributed by atoms with E-state index in [4.69, 9.17) is 59.3 Å². The van der Waals surface area contributed by atoms with Crippen molar-refractivity contribution in [1.29, 1.82) is 0 Å². The normalized spacial score (nSPS) is 11.0. The van der Waals surface area contributed by atoms with Crippen LogP contribution in [-0.4, -0.2) is 155 Å².